The molecule has 1 N–H and O–H groups in total. The number of hydrogen-bond acceptors (Lipinski definition) is 3. The van der Waals surface area contributed by atoms with Gasteiger partial charge in [0.05, 0.1) is 13.2 Å². The Hall–Kier alpha value is -1.39. The molecule has 0 aliphatic rings. The fraction of sp³-hybridized carbons (Fsp3) is 0.588. The number of nitrogens with zero attached hydrogens (tertiary/aromatic N) is 1. The maximum atomic E-state index is 11.9. The maximum absolute atomic E-state index is 11.9. The monoisotopic (exact) mass is 292 g/mol. The molecule has 1 aromatic carbocycles. The second-order valence-corrected chi connectivity index (χ2v) is 5.25. The van der Waals surface area contributed by atoms with Crippen molar-refractivity contribution in [1.82, 2.24) is 10.2 Å². The Bertz CT molecular complexity index is 404. The summed E-state index contributed by atoms with van der Waals surface area (Å²) < 4.78 is 5.08. The average Bonchev–Trinajstić information content (AvgIpc) is 2.51. The lowest BCUT2D eigenvalue weighted by Crippen LogP contribution is -2.37. The van der Waals surface area contributed by atoms with Crippen LogP contribution in [0.15, 0.2) is 24.3 Å². The quantitative estimate of drug-likeness (QED) is 0.720. The Kier molecular flexibility index (Phi) is 8.71. The number of carbonyl (C=O) groups is 1. The Labute approximate surface area is 128 Å². The van der Waals surface area contributed by atoms with Crippen LogP contribution in [0.4, 0.5) is 0 Å². The first-order valence-corrected chi connectivity index (χ1v) is 7.75. The van der Waals surface area contributed by atoms with Crippen LogP contribution in [-0.4, -0.2) is 37.6 Å². The zero-order valence-corrected chi connectivity index (χ0v) is 13.5. The Morgan fingerprint density at radius 1 is 1.19 bits per heavy atom. The number of methoxy groups -OCH3 is 1. The number of hydrogen-bond donors (Lipinski definition) is 1. The molecule has 1 aromatic rings. The van der Waals surface area contributed by atoms with E-state index in [1.165, 1.54) is 0 Å². The highest BCUT2D eigenvalue weighted by Gasteiger charge is 2.08. The molecule has 0 aromatic heterocycles. The van der Waals surface area contributed by atoms with E-state index in [1.54, 1.807) is 7.11 Å². The van der Waals surface area contributed by atoms with Crippen LogP contribution >= 0.6 is 0 Å². The van der Waals surface area contributed by atoms with Crippen LogP contribution in [0.1, 0.15) is 37.8 Å². The van der Waals surface area contributed by atoms with Crippen LogP contribution in [0.3, 0.4) is 0 Å². The van der Waals surface area contributed by atoms with Crippen molar-refractivity contribution in [3.8, 4) is 0 Å². The SMILES string of the molecule is CCCCN(CC)CC(=O)NCc1ccc(COC)cc1. The van der Waals surface area contributed by atoms with Gasteiger partial charge in [-0.1, -0.05) is 44.5 Å². The third kappa shape index (κ3) is 7.25. The molecule has 0 spiro atoms. The van der Waals surface area contributed by atoms with E-state index in [2.05, 4.69) is 24.1 Å². The van der Waals surface area contributed by atoms with Gasteiger partial charge in [-0.3, -0.25) is 9.69 Å². The standard InChI is InChI=1S/C17H28N2O2/c1-4-6-11-19(5-2)13-17(20)18-12-15-7-9-16(10-8-15)14-21-3/h7-10H,4-6,11-14H2,1-3H3,(H,18,20). The average molecular weight is 292 g/mol. The molecule has 0 bridgehead atoms. The van der Waals surface area contributed by atoms with Gasteiger partial charge in [0.15, 0.2) is 0 Å². The summed E-state index contributed by atoms with van der Waals surface area (Å²) in [5.74, 6) is 0.0916. The number of ether oxygens (including phenoxy) is 1. The van der Waals surface area contributed by atoms with Gasteiger partial charge in [0.2, 0.25) is 5.91 Å². The molecule has 0 fully saturated rings. The second kappa shape index (κ2) is 10.4. The summed E-state index contributed by atoms with van der Waals surface area (Å²) in [4.78, 5) is 14.1. The molecule has 0 unspecified atom stereocenters. The Morgan fingerprint density at radius 3 is 2.43 bits per heavy atom. The predicted octanol–water partition coefficient (Wildman–Crippen LogP) is 2.57. The Balaban J connectivity index is 2.34. The maximum Gasteiger partial charge on any atom is 0.234 e. The summed E-state index contributed by atoms with van der Waals surface area (Å²) in [5, 5.41) is 2.98. The first-order chi connectivity index (χ1) is 10.2. The highest BCUT2D eigenvalue weighted by Crippen LogP contribution is 2.05. The van der Waals surface area contributed by atoms with Gasteiger partial charge in [-0.25, -0.2) is 0 Å². The third-order valence-corrected chi connectivity index (χ3v) is 3.47. The minimum Gasteiger partial charge on any atom is -0.380 e. The number of nitrogens with one attached hydrogen (secondary N) is 1. The van der Waals surface area contributed by atoms with Crippen LogP contribution in [0.25, 0.3) is 0 Å². The van der Waals surface area contributed by atoms with E-state index in [4.69, 9.17) is 4.74 Å². The molecule has 0 saturated heterocycles. The molecule has 1 amide bonds. The number of carbonyl (C=O) groups excluding carboxylic acids is 1. The molecule has 4 nitrogen and oxygen atoms in total. The first-order valence-electron chi connectivity index (χ1n) is 7.75. The van der Waals surface area contributed by atoms with Crippen LogP contribution in [-0.2, 0) is 22.7 Å². The number of likely N-dealkylation sites (N-methyl/N-ethyl adjacent to an activating group) is 1. The van der Waals surface area contributed by atoms with E-state index in [0.29, 0.717) is 19.7 Å². The summed E-state index contributed by atoms with van der Waals surface area (Å²) in [5.41, 5.74) is 2.25. The summed E-state index contributed by atoms with van der Waals surface area (Å²) in [6.07, 6.45) is 2.30. The van der Waals surface area contributed by atoms with E-state index in [0.717, 1.165) is 37.1 Å². The van der Waals surface area contributed by atoms with E-state index < -0.39 is 0 Å². The summed E-state index contributed by atoms with van der Waals surface area (Å²) in [6.45, 7) is 7.86. The molecule has 4 heteroatoms. The van der Waals surface area contributed by atoms with Gasteiger partial charge in [-0.05, 0) is 30.6 Å². The zero-order chi connectivity index (χ0) is 15.5. The van der Waals surface area contributed by atoms with Crippen molar-refractivity contribution >= 4 is 5.91 Å². The van der Waals surface area contributed by atoms with Gasteiger partial charge < -0.3 is 10.1 Å². The molecule has 1 rings (SSSR count). The van der Waals surface area contributed by atoms with Gasteiger partial charge in [0.1, 0.15) is 0 Å². The van der Waals surface area contributed by atoms with Gasteiger partial charge in [0, 0.05) is 13.7 Å². The van der Waals surface area contributed by atoms with Crippen LogP contribution in [0, 0.1) is 0 Å². The van der Waals surface area contributed by atoms with Crippen molar-refractivity contribution in [2.75, 3.05) is 26.7 Å². The largest absolute Gasteiger partial charge is 0.380 e. The van der Waals surface area contributed by atoms with E-state index in [1.807, 2.05) is 24.3 Å². The third-order valence-electron chi connectivity index (χ3n) is 3.47. The van der Waals surface area contributed by atoms with Crippen LogP contribution in [0.5, 0.6) is 0 Å². The lowest BCUT2D eigenvalue weighted by Gasteiger charge is -2.19. The molecular weight excluding hydrogens is 264 g/mol. The smallest absolute Gasteiger partial charge is 0.234 e. The van der Waals surface area contributed by atoms with Crippen molar-refractivity contribution in [2.24, 2.45) is 0 Å². The number of rotatable bonds is 10. The summed E-state index contributed by atoms with van der Waals surface area (Å²) in [6, 6.07) is 8.13. The summed E-state index contributed by atoms with van der Waals surface area (Å²) in [7, 11) is 1.69. The molecular formula is C17H28N2O2. The minimum atomic E-state index is 0.0916. The van der Waals surface area contributed by atoms with Gasteiger partial charge in [0.25, 0.3) is 0 Å². The molecule has 0 atom stereocenters. The predicted molar refractivity (Wildman–Crippen MR) is 86.0 cm³/mol. The topological polar surface area (TPSA) is 41.6 Å². The number of benzene rings is 1. The van der Waals surface area contributed by atoms with E-state index in [9.17, 15) is 4.79 Å². The lowest BCUT2D eigenvalue weighted by molar-refractivity contribution is -0.122. The van der Waals surface area contributed by atoms with E-state index >= 15 is 0 Å². The Morgan fingerprint density at radius 2 is 1.86 bits per heavy atom. The number of unbranched alkanes of at least 4 members (excludes halogenated alkanes) is 1. The molecule has 0 aliphatic carbocycles. The van der Waals surface area contributed by atoms with Crippen molar-refractivity contribution in [3.05, 3.63) is 35.4 Å². The van der Waals surface area contributed by atoms with Crippen LogP contribution in [0.2, 0.25) is 0 Å². The zero-order valence-electron chi connectivity index (χ0n) is 13.5. The van der Waals surface area contributed by atoms with Crippen molar-refractivity contribution in [2.45, 2.75) is 39.8 Å². The molecule has 0 aliphatic heterocycles. The fourth-order valence-electron chi connectivity index (χ4n) is 2.11. The molecule has 118 valence electrons. The van der Waals surface area contributed by atoms with Crippen molar-refractivity contribution in [1.29, 1.82) is 0 Å². The molecule has 0 radical (unpaired) electrons. The minimum absolute atomic E-state index is 0.0916. The van der Waals surface area contributed by atoms with Crippen LogP contribution < -0.4 is 5.32 Å². The highest BCUT2D eigenvalue weighted by atomic mass is 16.5. The fourth-order valence-corrected chi connectivity index (χ4v) is 2.11. The van der Waals surface area contributed by atoms with Gasteiger partial charge >= 0.3 is 0 Å². The summed E-state index contributed by atoms with van der Waals surface area (Å²) >= 11 is 0. The van der Waals surface area contributed by atoms with Gasteiger partial charge in [-0.2, -0.15) is 0 Å². The second-order valence-electron chi connectivity index (χ2n) is 5.25. The van der Waals surface area contributed by atoms with Crippen molar-refractivity contribution in [3.63, 3.8) is 0 Å². The first kappa shape index (κ1) is 17.7. The lowest BCUT2D eigenvalue weighted by atomic mass is 10.1. The molecule has 0 heterocycles. The van der Waals surface area contributed by atoms with Gasteiger partial charge in [-0.15, -0.1) is 0 Å². The molecule has 0 saturated carbocycles. The molecule has 21 heavy (non-hydrogen) atoms. The van der Waals surface area contributed by atoms with Crippen molar-refractivity contribution < 1.29 is 9.53 Å². The van der Waals surface area contributed by atoms with E-state index in [-0.39, 0.29) is 5.91 Å². The highest BCUT2D eigenvalue weighted by molar-refractivity contribution is 5.78. The normalized spacial score (nSPS) is 10.9. The number of amides is 1.